The van der Waals surface area contributed by atoms with Gasteiger partial charge in [0.05, 0.1) is 12.3 Å². The molecule has 3 rings (SSSR count). The summed E-state index contributed by atoms with van der Waals surface area (Å²) in [6.45, 7) is 1.82. The molecule has 0 spiro atoms. The summed E-state index contributed by atoms with van der Waals surface area (Å²) < 4.78 is 54.6. The van der Waals surface area contributed by atoms with Gasteiger partial charge in [-0.25, -0.2) is 4.39 Å². The third-order valence-corrected chi connectivity index (χ3v) is 3.94. The molecule has 0 aliphatic heterocycles. The predicted molar refractivity (Wildman–Crippen MR) is 101 cm³/mol. The molecule has 162 valence electrons. The van der Waals surface area contributed by atoms with Crippen LogP contribution in [0.1, 0.15) is 28.7 Å². The van der Waals surface area contributed by atoms with Crippen LogP contribution in [-0.4, -0.2) is 28.3 Å². The molecule has 0 aliphatic carbocycles. The largest absolute Gasteiger partial charge is 0.471 e. The van der Waals surface area contributed by atoms with E-state index in [1.165, 1.54) is 42.6 Å². The van der Waals surface area contributed by atoms with Gasteiger partial charge in [-0.1, -0.05) is 34.6 Å². The highest BCUT2D eigenvalue weighted by Gasteiger charge is 2.38. The Hall–Kier alpha value is -3.76. The fourth-order valence-corrected chi connectivity index (χ4v) is 2.38. The van der Waals surface area contributed by atoms with Gasteiger partial charge >= 0.3 is 12.1 Å². The Morgan fingerprint density at radius 2 is 1.87 bits per heavy atom. The van der Waals surface area contributed by atoms with Gasteiger partial charge in [-0.05, 0) is 36.8 Å². The van der Waals surface area contributed by atoms with Gasteiger partial charge in [-0.2, -0.15) is 18.2 Å². The van der Waals surface area contributed by atoms with Crippen LogP contribution in [-0.2, 0) is 17.6 Å². The number of alkyl halides is 3. The second-order valence-corrected chi connectivity index (χ2v) is 6.41. The van der Waals surface area contributed by atoms with Crippen LogP contribution in [0.25, 0.3) is 11.4 Å². The van der Waals surface area contributed by atoms with E-state index in [0.717, 1.165) is 5.56 Å². The Balaban J connectivity index is 1.51. The molecular formula is C20H16F4N4O3. The van der Waals surface area contributed by atoms with E-state index in [1.54, 1.807) is 19.1 Å². The number of hydrogen-bond acceptors (Lipinski definition) is 6. The Kier molecular flexibility index (Phi) is 6.63. The zero-order chi connectivity index (χ0) is 22.4. The first-order valence-corrected chi connectivity index (χ1v) is 8.94. The highest BCUT2D eigenvalue weighted by molar-refractivity contribution is 5.96. The lowest BCUT2D eigenvalue weighted by Gasteiger charge is -2.09. The number of oxime groups is 1. The van der Waals surface area contributed by atoms with E-state index in [1.807, 2.05) is 0 Å². The summed E-state index contributed by atoms with van der Waals surface area (Å²) in [6, 6.07) is 10.9. The predicted octanol–water partition coefficient (Wildman–Crippen LogP) is 4.22. The number of halogens is 4. The van der Waals surface area contributed by atoms with Crippen molar-refractivity contribution in [3.05, 3.63) is 71.4 Å². The van der Waals surface area contributed by atoms with Crippen molar-refractivity contribution in [3.63, 3.8) is 0 Å². The number of hydrogen-bond donors (Lipinski definition) is 1. The van der Waals surface area contributed by atoms with Crippen LogP contribution in [0.4, 0.5) is 17.6 Å². The fraction of sp³-hybridized carbons (Fsp3) is 0.200. The molecule has 0 aliphatic rings. The fourth-order valence-electron chi connectivity index (χ4n) is 2.38. The van der Waals surface area contributed by atoms with E-state index >= 15 is 0 Å². The van der Waals surface area contributed by atoms with Crippen molar-refractivity contribution >= 4 is 12.1 Å². The van der Waals surface area contributed by atoms with Gasteiger partial charge in [0, 0.05) is 11.1 Å². The third-order valence-electron chi connectivity index (χ3n) is 3.94. The standard InChI is InChI=1S/C20H16F4N4O3/c1-12(10-25-30-11-13-2-8-16(21)9-3-13)26-18(29)15-6-4-14(5-7-15)17-27-19(31-28-17)20(22,23)24/h2-10,12H,11H2,1H3,(H,26,29). The van der Waals surface area contributed by atoms with Crippen LogP contribution in [0.15, 0.2) is 58.2 Å². The Labute approximate surface area is 173 Å². The van der Waals surface area contributed by atoms with E-state index in [2.05, 4.69) is 25.1 Å². The van der Waals surface area contributed by atoms with E-state index < -0.39 is 24.0 Å². The SMILES string of the molecule is CC(C=NOCc1ccc(F)cc1)NC(=O)c1ccc(-c2noc(C(F)(F)F)n2)cc1. The molecule has 0 radical (unpaired) electrons. The number of benzene rings is 2. The average Bonchev–Trinajstić information content (AvgIpc) is 3.23. The zero-order valence-electron chi connectivity index (χ0n) is 16.1. The van der Waals surface area contributed by atoms with Crippen molar-refractivity contribution in [1.82, 2.24) is 15.5 Å². The van der Waals surface area contributed by atoms with Gasteiger partial charge in [0.1, 0.15) is 12.4 Å². The Morgan fingerprint density at radius 1 is 1.19 bits per heavy atom. The number of amides is 1. The first-order chi connectivity index (χ1) is 14.7. The normalized spacial score (nSPS) is 12.7. The number of nitrogens with zero attached hydrogens (tertiary/aromatic N) is 3. The van der Waals surface area contributed by atoms with Crippen molar-refractivity contribution in [2.45, 2.75) is 25.7 Å². The van der Waals surface area contributed by atoms with Crippen LogP contribution in [0, 0.1) is 5.82 Å². The first kappa shape index (κ1) is 21.9. The van der Waals surface area contributed by atoms with Crippen molar-refractivity contribution in [1.29, 1.82) is 0 Å². The van der Waals surface area contributed by atoms with Crippen LogP contribution in [0.5, 0.6) is 0 Å². The van der Waals surface area contributed by atoms with Gasteiger partial charge in [0.25, 0.3) is 5.91 Å². The van der Waals surface area contributed by atoms with Crippen LogP contribution in [0.2, 0.25) is 0 Å². The second-order valence-electron chi connectivity index (χ2n) is 6.41. The maximum Gasteiger partial charge on any atom is 0.471 e. The minimum absolute atomic E-state index is 0.144. The molecule has 0 saturated heterocycles. The van der Waals surface area contributed by atoms with Crippen LogP contribution in [0.3, 0.4) is 0 Å². The first-order valence-electron chi connectivity index (χ1n) is 8.94. The van der Waals surface area contributed by atoms with E-state index in [9.17, 15) is 22.4 Å². The second kappa shape index (κ2) is 9.37. The zero-order valence-corrected chi connectivity index (χ0v) is 16.1. The molecule has 1 amide bonds. The highest BCUT2D eigenvalue weighted by Crippen LogP contribution is 2.29. The number of carbonyl (C=O) groups is 1. The third kappa shape index (κ3) is 6.11. The lowest BCUT2D eigenvalue weighted by atomic mass is 10.1. The van der Waals surface area contributed by atoms with E-state index in [0.29, 0.717) is 0 Å². The van der Waals surface area contributed by atoms with E-state index in [-0.39, 0.29) is 29.4 Å². The molecule has 1 N–H and O–H groups in total. The smallest absolute Gasteiger partial charge is 0.391 e. The van der Waals surface area contributed by atoms with Crippen molar-refractivity contribution in [2.24, 2.45) is 5.16 Å². The Morgan fingerprint density at radius 3 is 2.48 bits per heavy atom. The van der Waals surface area contributed by atoms with Crippen molar-refractivity contribution in [2.75, 3.05) is 0 Å². The number of rotatable bonds is 7. The van der Waals surface area contributed by atoms with Gasteiger partial charge in [0.15, 0.2) is 0 Å². The molecular weight excluding hydrogens is 420 g/mol. The van der Waals surface area contributed by atoms with Gasteiger partial charge in [-0.3, -0.25) is 4.79 Å². The van der Waals surface area contributed by atoms with Crippen molar-refractivity contribution in [3.8, 4) is 11.4 Å². The van der Waals surface area contributed by atoms with Crippen LogP contribution >= 0.6 is 0 Å². The Bertz CT molecular complexity index is 1050. The molecule has 1 atom stereocenters. The van der Waals surface area contributed by atoms with Gasteiger partial charge < -0.3 is 14.7 Å². The summed E-state index contributed by atoms with van der Waals surface area (Å²) in [7, 11) is 0. The van der Waals surface area contributed by atoms with Crippen LogP contribution < -0.4 is 5.32 Å². The van der Waals surface area contributed by atoms with Gasteiger partial charge in [0.2, 0.25) is 5.82 Å². The minimum atomic E-state index is -4.73. The maximum atomic E-state index is 12.8. The monoisotopic (exact) mass is 436 g/mol. The molecule has 0 saturated carbocycles. The number of aromatic nitrogens is 2. The van der Waals surface area contributed by atoms with Gasteiger partial charge in [-0.15, -0.1) is 0 Å². The lowest BCUT2D eigenvalue weighted by molar-refractivity contribution is -0.159. The molecule has 31 heavy (non-hydrogen) atoms. The quantitative estimate of drug-likeness (QED) is 0.340. The molecule has 0 fully saturated rings. The molecule has 11 heteroatoms. The highest BCUT2D eigenvalue weighted by atomic mass is 19.4. The average molecular weight is 436 g/mol. The topological polar surface area (TPSA) is 89.6 Å². The van der Waals surface area contributed by atoms with Crippen molar-refractivity contribution < 1.29 is 31.7 Å². The molecule has 7 nitrogen and oxygen atoms in total. The molecule has 1 aromatic heterocycles. The maximum absolute atomic E-state index is 12.8. The van der Waals surface area contributed by atoms with E-state index in [4.69, 9.17) is 4.84 Å². The summed E-state index contributed by atoms with van der Waals surface area (Å²) in [4.78, 5) is 20.7. The summed E-state index contributed by atoms with van der Waals surface area (Å²) in [6.07, 6.45) is -3.35. The summed E-state index contributed by atoms with van der Waals surface area (Å²) in [5.74, 6) is -2.45. The molecule has 0 bridgehead atoms. The number of nitrogens with one attached hydrogen (secondary N) is 1. The molecule has 1 unspecified atom stereocenters. The summed E-state index contributed by atoms with van der Waals surface area (Å²) in [5.41, 5.74) is 1.27. The number of carbonyl (C=O) groups excluding carboxylic acids is 1. The molecule has 1 heterocycles. The minimum Gasteiger partial charge on any atom is -0.391 e. The molecule has 2 aromatic carbocycles. The summed E-state index contributed by atoms with van der Waals surface area (Å²) in [5, 5.41) is 9.72. The molecule has 3 aromatic rings. The summed E-state index contributed by atoms with van der Waals surface area (Å²) >= 11 is 0. The lowest BCUT2D eigenvalue weighted by Crippen LogP contribution is -2.33.